The van der Waals surface area contributed by atoms with E-state index in [0.29, 0.717) is 0 Å². The van der Waals surface area contributed by atoms with Crippen LogP contribution in [0.4, 0.5) is 9.59 Å². The summed E-state index contributed by atoms with van der Waals surface area (Å²) in [5.74, 6) is 0. The van der Waals surface area contributed by atoms with E-state index in [0.717, 1.165) is 24.7 Å². The zero-order valence-electron chi connectivity index (χ0n) is 3.79. The topological polar surface area (TPSA) is 101 Å². The number of carbonyl (C=O) groups excluding carboxylic acids is 1. The molecule has 0 rings (SSSR count). The van der Waals surface area contributed by atoms with E-state index < -0.39 is 6.16 Å². The Balaban J connectivity index is 0. The van der Waals surface area contributed by atoms with Gasteiger partial charge in [0.2, 0.25) is 0 Å². The summed E-state index contributed by atoms with van der Waals surface area (Å²) in [6, 6.07) is 0. The smallest absolute Gasteiger partial charge is 0.450 e. The van der Waals surface area contributed by atoms with Crippen molar-refractivity contribution in [2.45, 2.75) is 0 Å². The van der Waals surface area contributed by atoms with Crippen LogP contribution in [0.15, 0.2) is 0 Å². The van der Waals surface area contributed by atoms with E-state index in [4.69, 9.17) is 15.0 Å². The van der Waals surface area contributed by atoms with Crippen LogP contribution in [0.1, 0.15) is 0 Å². The second-order valence-electron chi connectivity index (χ2n) is 0.647. The first kappa shape index (κ1) is 10.6. The molecule has 0 aliphatic carbocycles. The molecule has 0 saturated carbocycles. The Hall–Kier alpha value is -0.377. The molecule has 0 bridgehead atoms. The third-order valence-electron chi connectivity index (χ3n) is 0. The van der Waals surface area contributed by atoms with Gasteiger partial charge < -0.3 is 10.2 Å². The third kappa shape index (κ3) is 846. The molecule has 0 saturated heterocycles. The summed E-state index contributed by atoms with van der Waals surface area (Å²) >= 11 is 0.776. The van der Waals surface area contributed by atoms with Crippen LogP contribution in [0.5, 0.6) is 0 Å². The fraction of sp³-hybridized carbons (Fsp3) is 0. The molecule has 1 amide bonds. The van der Waals surface area contributed by atoms with E-state index in [9.17, 15) is 4.79 Å². The maximum absolute atomic E-state index is 9.26. The first-order valence-electron chi connectivity index (χ1n) is 1.39. The molecule has 0 atom stereocenters. The van der Waals surface area contributed by atoms with Gasteiger partial charge in [-0.1, -0.05) is 0 Å². The second kappa shape index (κ2) is 6.62. The molecule has 0 aliphatic rings. The van der Waals surface area contributed by atoms with Gasteiger partial charge in [-0.25, -0.2) is 4.79 Å². The number of carbonyl (C=O) groups is 2. The summed E-state index contributed by atoms with van der Waals surface area (Å²) in [6.45, 7) is 0. The first-order valence-corrected chi connectivity index (χ1v) is 2.62. The van der Waals surface area contributed by atoms with Gasteiger partial charge in [0.1, 0.15) is 0 Å². The van der Waals surface area contributed by atoms with Gasteiger partial charge >= 0.3 is 45.0 Å². The van der Waals surface area contributed by atoms with E-state index in [1.54, 1.807) is 0 Å². The molecule has 0 heterocycles. The zero-order valence-corrected chi connectivity index (χ0v) is 6.25. The average Bonchev–Trinajstić information content (AvgIpc) is 1.25. The predicted molar refractivity (Wildman–Crippen MR) is 20.2 cm³/mol. The van der Waals surface area contributed by atoms with Gasteiger partial charge in [0.25, 0.3) is 0 Å². The van der Waals surface area contributed by atoms with Crippen LogP contribution < -0.4 is 5.73 Å². The Morgan fingerprint density at radius 3 is 1.38 bits per heavy atom. The van der Waals surface area contributed by atoms with Gasteiger partial charge in [0.15, 0.2) is 0 Å². The number of hydrogen-bond donors (Lipinski definition) is 3. The van der Waals surface area contributed by atoms with E-state index in [1.165, 1.54) is 0 Å². The normalized spacial score (nSPS) is 5.88. The standard InChI is InChI=1S/CH2NO.CH2O3.Zr/c2-1-3;2-1(3)4;/h(H2,2,3);(H2,2,3,4);. The maximum atomic E-state index is 9.26. The van der Waals surface area contributed by atoms with Crippen LogP contribution in [-0.2, 0) is 24.7 Å². The molecule has 0 fully saturated rings. The van der Waals surface area contributed by atoms with Crippen molar-refractivity contribution in [1.29, 1.82) is 0 Å². The molecule has 0 unspecified atom stereocenters. The Morgan fingerprint density at radius 2 is 1.38 bits per heavy atom. The average molecular weight is 197 g/mol. The predicted octanol–water partition coefficient (Wildman–Crippen LogP) is -0.166. The van der Waals surface area contributed by atoms with E-state index >= 15 is 0 Å². The SMILES string of the molecule is N[C](=O)[Zr].O=C(O)O. The summed E-state index contributed by atoms with van der Waals surface area (Å²) in [4.78, 5) is 17.8. The number of primary amides is 1. The van der Waals surface area contributed by atoms with Crippen LogP contribution in [-0.4, -0.2) is 20.0 Å². The molecular formula is C2H4NO4Zr. The van der Waals surface area contributed by atoms with Gasteiger partial charge in [0.05, 0.1) is 0 Å². The van der Waals surface area contributed by atoms with Crippen molar-refractivity contribution >= 4 is 9.77 Å². The number of carboxylic acid groups (broad SMARTS) is 2. The van der Waals surface area contributed by atoms with E-state index in [2.05, 4.69) is 5.73 Å². The fourth-order valence-electron chi connectivity index (χ4n) is 0. The molecule has 8 heavy (non-hydrogen) atoms. The van der Waals surface area contributed by atoms with Crippen molar-refractivity contribution in [3.63, 3.8) is 0 Å². The van der Waals surface area contributed by atoms with Crippen LogP contribution >= 0.6 is 0 Å². The zero-order chi connectivity index (χ0) is 7.15. The minimum Gasteiger partial charge on any atom is -0.450 e. The number of amides is 1. The van der Waals surface area contributed by atoms with Crippen LogP contribution in [0.3, 0.4) is 0 Å². The second-order valence-corrected chi connectivity index (χ2v) is 1.86. The molecule has 0 aromatic rings. The quantitative estimate of drug-likeness (QED) is 0.502. The molecule has 0 radical (unpaired) electrons. The third-order valence-corrected chi connectivity index (χ3v) is 0. The largest absolute Gasteiger partial charge is 0.503 e. The fourth-order valence-corrected chi connectivity index (χ4v) is 0. The van der Waals surface area contributed by atoms with Gasteiger partial charge in [-0.2, -0.15) is 0 Å². The Labute approximate surface area is 60.3 Å². The van der Waals surface area contributed by atoms with Gasteiger partial charge in [-0.05, 0) is 0 Å². The van der Waals surface area contributed by atoms with E-state index in [-0.39, 0.29) is 3.62 Å². The Bertz CT molecular complexity index is 72.0. The van der Waals surface area contributed by atoms with Crippen LogP contribution in [0.2, 0.25) is 0 Å². The molecular weight excluding hydrogens is 193 g/mol. The Kier molecular flexibility index (Phi) is 8.76. The molecule has 0 spiro atoms. The summed E-state index contributed by atoms with van der Waals surface area (Å²) < 4.78 is -0.243. The van der Waals surface area contributed by atoms with Crippen LogP contribution in [0.25, 0.3) is 0 Å². The molecule has 0 aromatic heterocycles. The van der Waals surface area contributed by atoms with Crippen molar-refractivity contribution in [2.75, 3.05) is 0 Å². The molecule has 0 aromatic carbocycles. The number of nitrogens with two attached hydrogens (primary N) is 1. The molecule has 6 heteroatoms. The molecule has 5 nitrogen and oxygen atoms in total. The Morgan fingerprint density at radius 1 is 1.38 bits per heavy atom. The van der Waals surface area contributed by atoms with Crippen molar-refractivity contribution in [3.8, 4) is 0 Å². The summed E-state index contributed by atoms with van der Waals surface area (Å²) in [7, 11) is 0. The summed E-state index contributed by atoms with van der Waals surface area (Å²) in [5, 5.41) is 13.9. The van der Waals surface area contributed by atoms with Gasteiger partial charge in [-0.3, -0.25) is 0 Å². The van der Waals surface area contributed by atoms with E-state index in [1.807, 2.05) is 0 Å². The maximum Gasteiger partial charge on any atom is 0.503 e. The minimum atomic E-state index is -1.83. The first-order chi connectivity index (χ1) is 3.46. The van der Waals surface area contributed by atoms with Crippen LogP contribution in [0, 0.1) is 0 Å². The molecule has 4 N–H and O–H groups in total. The monoisotopic (exact) mass is 196 g/mol. The number of rotatable bonds is 0. The van der Waals surface area contributed by atoms with Crippen molar-refractivity contribution in [2.24, 2.45) is 5.73 Å². The molecule has 45 valence electrons. The van der Waals surface area contributed by atoms with Gasteiger partial charge in [-0.15, -0.1) is 0 Å². The van der Waals surface area contributed by atoms with Gasteiger partial charge in [0, 0.05) is 0 Å². The molecule has 0 aliphatic heterocycles. The summed E-state index contributed by atoms with van der Waals surface area (Å²) in [5.41, 5.74) is 4.51. The van der Waals surface area contributed by atoms with Crippen molar-refractivity contribution in [3.05, 3.63) is 0 Å². The van der Waals surface area contributed by atoms with Crippen molar-refractivity contribution in [1.82, 2.24) is 0 Å². The minimum absolute atomic E-state index is 0.243. The summed E-state index contributed by atoms with van der Waals surface area (Å²) in [6.07, 6.45) is -1.83. The van der Waals surface area contributed by atoms with Crippen molar-refractivity contribution < 1.29 is 44.5 Å². The number of hydrogen-bond acceptors (Lipinski definition) is 2.